The van der Waals surface area contributed by atoms with Gasteiger partial charge in [0.05, 0.1) is 13.0 Å². The first-order valence-electron chi connectivity index (χ1n) is 4.41. The predicted octanol–water partition coefficient (Wildman–Crippen LogP) is 2.70. The molecule has 0 radical (unpaired) electrons. The molecule has 0 aliphatic rings. The van der Waals surface area contributed by atoms with E-state index in [4.69, 9.17) is 11.6 Å². The molecule has 1 aromatic carbocycles. The van der Waals surface area contributed by atoms with E-state index >= 15 is 0 Å². The number of hydrogen-bond donors (Lipinski definition) is 0. The highest BCUT2D eigenvalue weighted by Crippen LogP contribution is 2.17. The zero-order chi connectivity index (χ0) is 10.6. The third-order valence-electron chi connectivity index (χ3n) is 2.19. The predicted molar refractivity (Wildman–Crippen MR) is 56.4 cm³/mol. The van der Waals surface area contributed by atoms with Gasteiger partial charge in [-0.25, -0.2) is 0 Å². The maximum atomic E-state index is 11.2. The van der Waals surface area contributed by atoms with E-state index in [9.17, 15) is 4.79 Å². The molecule has 0 saturated carbocycles. The molecule has 2 nitrogen and oxygen atoms in total. The molecule has 0 fully saturated rings. The van der Waals surface area contributed by atoms with Gasteiger partial charge in [-0.15, -0.1) is 11.6 Å². The Bertz CT molecular complexity index is 306. The number of esters is 1. The third kappa shape index (κ3) is 2.48. The highest BCUT2D eigenvalue weighted by molar-refractivity contribution is 6.17. The minimum Gasteiger partial charge on any atom is -0.469 e. The Labute approximate surface area is 88.8 Å². The van der Waals surface area contributed by atoms with E-state index in [2.05, 4.69) is 4.74 Å². The van der Waals surface area contributed by atoms with Crippen LogP contribution in [0.15, 0.2) is 24.3 Å². The Morgan fingerprint density at radius 3 is 2.43 bits per heavy atom. The molecule has 0 aliphatic heterocycles. The summed E-state index contributed by atoms with van der Waals surface area (Å²) in [5, 5.41) is 0. The summed E-state index contributed by atoms with van der Waals surface area (Å²) in [6.45, 7) is 1.82. The molecular formula is C11H13ClO2. The molecule has 0 aromatic heterocycles. The van der Waals surface area contributed by atoms with Crippen LogP contribution in [0, 0.1) is 0 Å². The minimum absolute atomic E-state index is 0.218. The molecule has 14 heavy (non-hydrogen) atoms. The van der Waals surface area contributed by atoms with Crippen LogP contribution in [0.25, 0.3) is 0 Å². The number of carbonyl (C=O) groups is 1. The van der Waals surface area contributed by atoms with Gasteiger partial charge in [0, 0.05) is 5.88 Å². The molecular weight excluding hydrogens is 200 g/mol. The number of benzene rings is 1. The highest BCUT2D eigenvalue weighted by atomic mass is 35.5. The molecule has 0 saturated heterocycles. The van der Waals surface area contributed by atoms with Gasteiger partial charge in [0.25, 0.3) is 0 Å². The van der Waals surface area contributed by atoms with Crippen molar-refractivity contribution < 1.29 is 9.53 Å². The van der Waals surface area contributed by atoms with Crippen LogP contribution in [0.4, 0.5) is 0 Å². The number of alkyl halides is 1. The van der Waals surface area contributed by atoms with Crippen molar-refractivity contribution in [1.82, 2.24) is 0 Å². The van der Waals surface area contributed by atoms with E-state index in [1.807, 2.05) is 31.2 Å². The molecule has 76 valence electrons. The molecule has 0 N–H and O–H groups in total. The summed E-state index contributed by atoms with van der Waals surface area (Å²) < 4.78 is 4.66. The second kappa shape index (κ2) is 5.01. The van der Waals surface area contributed by atoms with Crippen LogP contribution in [0.3, 0.4) is 0 Å². The largest absolute Gasteiger partial charge is 0.469 e. The smallest absolute Gasteiger partial charge is 0.312 e. The number of hydrogen-bond acceptors (Lipinski definition) is 2. The monoisotopic (exact) mass is 212 g/mol. The Morgan fingerprint density at radius 2 is 2.00 bits per heavy atom. The van der Waals surface area contributed by atoms with Crippen molar-refractivity contribution in [2.24, 2.45) is 0 Å². The number of methoxy groups -OCH3 is 1. The van der Waals surface area contributed by atoms with Gasteiger partial charge in [-0.1, -0.05) is 24.3 Å². The molecule has 0 aliphatic carbocycles. The minimum atomic E-state index is -0.219. The van der Waals surface area contributed by atoms with Gasteiger partial charge in [0.1, 0.15) is 0 Å². The van der Waals surface area contributed by atoms with Crippen molar-refractivity contribution in [3.8, 4) is 0 Å². The Balaban J connectivity index is 2.81. The molecule has 0 spiro atoms. The fourth-order valence-electron chi connectivity index (χ4n) is 1.21. The first-order valence-corrected chi connectivity index (χ1v) is 4.95. The van der Waals surface area contributed by atoms with Crippen LogP contribution in [0.5, 0.6) is 0 Å². The molecule has 1 unspecified atom stereocenters. The SMILES string of the molecule is COC(=O)C(C)c1ccc(CCl)cc1. The van der Waals surface area contributed by atoms with Crippen LogP contribution in [0.1, 0.15) is 24.0 Å². The van der Waals surface area contributed by atoms with Crippen LogP contribution in [-0.2, 0) is 15.4 Å². The fourth-order valence-corrected chi connectivity index (χ4v) is 1.39. The van der Waals surface area contributed by atoms with E-state index in [1.165, 1.54) is 7.11 Å². The molecule has 1 aromatic rings. The van der Waals surface area contributed by atoms with E-state index < -0.39 is 0 Å². The first-order chi connectivity index (χ1) is 6.69. The van der Waals surface area contributed by atoms with Gasteiger partial charge in [-0.05, 0) is 18.1 Å². The second-order valence-corrected chi connectivity index (χ2v) is 3.39. The van der Waals surface area contributed by atoms with Gasteiger partial charge in [-0.3, -0.25) is 4.79 Å². The summed E-state index contributed by atoms with van der Waals surface area (Å²) in [6.07, 6.45) is 0. The standard InChI is InChI=1S/C11H13ClO2/c1-8(11(13)14-2)10-5-3-9(7-12)4-6-10/h3-6,8H,7H2,1-2H3. The van der Waals surface area contributed by atoms with Gasteiger partial charge in [-0.2, -0.15) is 0 Å². The van der Waals surface area contributed by atoms with Crippen LogP contribution in [-0.4, -0.2) is 13.1 Å². The zero-order valence-corrected chi connectivity index (χ0v) is 9.04. The average molecular weight is 213 g/mol. The summed E-state index contributed by atoms with van der Waals surface area (Å²) in [7, 11) is 1.39. The number of ether oxygens (including phenoxy) is 1. The molecule has 1 rings (SSSR count). The summed E-state index contributed by atoms with van der Waals surface area (Å²) in [5.74, 6) is 0.0559. The maximum absolute atomic E-state index is 11.2. The van der Waals surface area contributed by atoms with Crippen LogP contribution in [0.2, 0.25) is 0 Å². The van der Waals surface area contributed by atoms with Gasteiger partial charge in [0.15, 0.2) is 0 Å². The summed E-state index contributed by atoms with van der Waals surface area (Å²) in [5.41, 5.74) is 2.00. The topological polar surface area (TPSA) is 26.3 Å². The number of halogens is 1. The fraction of sp³-hybridized carbons (Fsp3) is 0.364. The van der Waals surface area contributed by atoms with Gasteiger partial charge >= 0.3 is 5.97 Å². The highest BCUT2D eigenvalue weighted by Gasteiger charge is 2.14. The number of carbonyl (C=O) groups excluding carboxylic acids is 1. The summed E-state index contributed by atoms with van der Waals surface area (Å²) in [6, 6.07) is 7.64. The van der Waals surface area contributed by atoms with Crippen molar-refractivity contribution in [1.29, 1.82) is 0 Å². The Morgan fingerprint density at radius 1 is 1.43 bits per heavy atom. The van der Waals surface area contributed by atoms with Crippen molar-refractivity contribution in [2.45, 2.75) is 18.7 Å². The molecule has 0 amide bonds. The Kier molecular flexibility index (Phi) is 3.96. The van der Waals surface area contributed by atoms with Gasteiger partial charge < -0.3 is 4.74 Å². The van der Waals surface area contributed by atoms with E-state index in [0.717, 1.165) is 11.1 Å². The van der Waals surface area contributed by atoms with E-state index in [1.54, 1.807) is 0 Å². The first kappa shape index (κ1) is 11.1. The molecule has 3 heteroatoms. The third-order valence-corrected chi connectivity index (χ3v) is 2.50. The molecule has 0 bridgehead atoms. The lowest BCUT2D eigenvalue weighted by atomic mass is 10.0. The summed E-state index contributed by atoms with van der Waals surface area (Å²) in [4.78, 5) is 11.2. The average Bonchev–Trinajstić information content (AvgIpc) is 2.27. The molecule has 0 heterocycles. The molecule has 1 atom stereocenters. The lowest BCUT2D eigenvalue weighted by Crippen LogP contribution is -2.10. The van der Waals surface area contributed by atoms with Crippen LogP contribution < -0.4 is 0 Å². The van der Waals surface area contributed by atoms with Gasteiger partial charge in [0.2, 0.25) is 0 Å². The van der Waals surface area contributed by atoms with Crippen molar-refractivity contribution in [3.63, 3.8) is 0 Å². The van der Waals surface area contributed by atoms with E-state index in [0.29, 0.717) is 5.88 Å². The number of rotatable bonds is 3. The maximum Gasteiger partial charge on any atom is 0.312 e. The van der Waals surface area contributed by atoms with Crippen molar-refractivity contribution in [3.05, 3.63) is 35.4 Å². The lowest BCUT2D eigenvalue weighted by molar-refractivity contribution is -0.141. The summed E-state index contributed by atoms with van der Waals surface area (Å²) >= 11 is 5.66. The Hall–Kier alpha value is -1.02. The van der Waals surface area contributed by atoms with Crippen molar-refractivity contribution >= 4 is 17.6 Å². The lowest BCUT2D eigenvalue weighted by Gasteiger charge is -2.09. The van der Waals surface area contributed by atoms with Crippen molar-refractivity contribution in [2.75, 3.05) is 7.11 Å². The van der Waals surface area contributed by atoms with E-state index in [-0.39, 0.29) is 11.9 Å². The van der Waals surface area contributed by atoms with Crippen LogP contribution >= 0.6 is 11.6 Å². The normalized spacial score (nSPS) is 12.2. The zero-order valence-electron chi connectivity index (χ0n) is 8.29. The second-order valence-electron chi connectivity index (χ2n) is 3.12. The quantitative estimate of drug-likeness (QED) is 0.569.